The van der Waals surface area contributed by atoms with Crippen LogP contribution in [0.3, 0.4) is 0 Å². The minimum absolute atomic E-state index is 0.0927. The second kappa shape index (κ2) is 16.8. The normalized spacial score (nSPS) is 23.3. The molecule has 1 aromatic carbocycles. The number of aryl methyl sites for hydroxylation is 1. The third kappa shape index (κ3) is 10.1. The van der Waals surface area contributed by atoms with Gasteiger partial charge < -0.3 is 26.0 Å². The van der Waals surface area contributed by atoms with Gasteiger partial charge in [-0.15, -0.1) is 0 Å². The summed E-state index contributed by atoms with van der Waals surface area (Å²) in [7, 11) is 1.80. The average Bonchev–Trinajstić information content (AvgIpc) is 3.44. The Morgan fingerprint density at radius 2 is 1.93 bits per heavy atom. The summed E-state index contributed by atoms with van der Waals surface area (Å²) in [6.07, 6.45) is 16.1. The van der Waals surface area contributed by atoms with E-state index < -0.39 is 0 Å². The number of phenols is 1. The van der Waals surface area contributed by atoms with Gasteiger partial charge >= 0.3 is 0 Å². The van der Waals surface area contributed by atoms with Crippen molar-refractivity contribution >= 4 is 11.7 Å². The summed E-state index contributed by atoms with van der Waals surface area (Å²) in [5.74, 6) is 2.36. The topological polar surface area (TPSA) is 120 Å². The maximum atomic E-state index is 12.6. The Morgan fingerprint density at radius 1 is 1.17 bits per heavy atom. The zero-order chi connectivity index (χ0) is 29.8. The molecule has 0 radical (unpaired) electrons. The number of aliphatic imine (C=N–C) groups is 1. The lowest BCUT2D eigenvalue weighted by Crippen LogP contribution is -2.38. The monoisotopic (exact) mass is 569 g/mol. The molecule has 230 valence electrons. The van der Waals surface area contributed by atoms with Crippen molar-refractivity contribution < 1.29 is 19.4 Å². The highest BCUT2D eigenvalue weighted by molar-refractivity contribution is 5.89. The van der Waals surface area contributed by atoms with Gasteiger partial charge in [-0.1, -0.05) is 39.3 Å². The highest BCUT2D eigenvalue weighted by Gasteiger charge is 2.42. The fraction of sp³-hybridized carbons (Fsp3) is 0.706. The number of hydrogen-bond donors (Lipinski definition) is 3. The summed E-state index contributed by atoms with van der Waals surface area (Å²) >= 11 is 0. The Bertz CT molecular complexity index is 1010. The number of phenolic OH excluding ortho intramolecular Hbond substituents is 1. The van der Waals surface area contributed by atoms with Crippen LogP contribution in [0.1, 0.15) is 115 Å². The van der Waals surface area contributed by atoms with Gasteiger partial charge in [-0.3, -0.25) is 9.79 Å². The van der Waals surface area contributed by atoms with E-state index in [9.17, 15) is 9.90 Å². The number of carbonyl (C=O) groups excluding carboxylic acids is 1. The Kier molecular flexibility index (Phi) is 13.5. The van der Waals surface area contributed by atoms with E-state index in [1.807, 2.05) is 12.1 Å². The summed E-state index contributed by atoms with van der Waals surface area (Å²) in [5, 5.41) is 11.8. The van der Waals surface area contributed by atoms with Crippen molar-refractivity contribution in [3.05, 3.63) is 35.4 Å². The second-order valence-corrected chi connectivity index (χ2v) is 12.6. The molecule has 2 aliphatic rings. The highest BCUT2D eigenvalue weighted by Crippen LogP contribution is 2.52. The number of hydrogen-bond acceptors (Lipinski definition) is 5. The van der Waals surface area contributed by atoms with Crippen molar-refractivity contribution in [1.29, 1.82) is 0 Å². The molecule has 0 saturated heterocycles. The van der Waals surface area contributed by atoms with E-state index in [0.29, 0.717) is 37.0 Å². The van der Waals surface area contributed by atoms with E-state index in [-0.39, 0.29) is 41.5 Å². The number of guanidine groups is 1. The third-order valence-corrected chi connectivity index (χ3v) is 8.87. The van der Waals surface area contributed by atoms with E-state index in [2.05, 4.69) is 31.8 Å². The second-order valence-electron chi connectivity index (χ2n) is 12.6. The van der Waals surface area contributed by atoms with Gasteiger partial charge in [0.05, 0.1) is 12.2 Å². The first-order chi connectivity index (χ1) is 19.7. The summed E-state index contributed by atoms with van der Waals surface area (Å²) in [5.41, 5.74) is 13.2. The SMILES string of the molecule is CCCC=CC(=O)CCc1cc(OC2CCCC2)c(O)c([C@@H]2[C@H](CC(C)C)CC[C@H](OC)[C@@H]2CCCN=C(N)N)c1. The van der Waals surface area contributed by atoms with Crippen LogP contribution in [0.25, 0.3) is 0 Å². The van der Waals surface area contributed by atoms with Gasteiger partial charge in [-0.2, -0.15) is 0 Å². The van der Waals surface area contributed by atoms with E-state index in [0.717, 1.165) is 81.8 Å². The number of methoxy groups -OCH3 is 1. The van der Waals surface area contributed by atoms with Gasteiger partial charge in [0.1, 0.15) is 0 Å². The lowest BCUT2D eigenvalue weighted by atomic mass is 9.63. The van der Waals surface area contributed by atoms with Gasteiger partial charge in [0.2, 0.25) is 0 Å². The Hall–Kier alpha value is -2.54. The first-order valence-corrected chi connectivity index (χ1v) is 16.0. The quantitative estimate of drug-likeness (QED) is 0.0872. The molecule has 41 heavy (non-hydrogen) atoms. The number of ether oxygens (including phenoxy) is 2. The molecule has 2 fully saturated rings. The minimum atomic E-state index is 0.0927. The Labute approximate surface area is 248 Å². The molecule has 0 unspecified atom stereocenters. The van der Waals surface area contributed by atoms with Crippen LogP contribution in [0.2, 0.25) is 0 Å². The third-order valence-electron chi connectivity index (χ3n) is 8.87. The number of nitrogens with two attached hydrogens (primary N) is 2. The summed E-state index contributed by atoms with van der Waals surface area (Å²) in [4.78, 5) is 16.8. The van der Waals surface area contributed by atoms with Crippen LogP contribution < -0.4 is 16.2 Å². The molecule has 1 aromatic rings. The lowest BCUT2D eigenvalue weighted by molar-refractivity contribution is -0.114. The van der Waals surface area contributed by atoms with Crippen LogP contribution in [0.5, 0.6) is 11.5 Å². The molecule has 0 amide bonds. The molecule has 5 N–H and O–H groups in total. The molecule has 0 heterocycles. The molecule has 0 aliphatic heterocycles. The first-order valence-electron chi connectivity index (χ1n) is 16.0. The van der Waals surface area contributed by atoms with E-state index in [1.54, 1.807) is 13.2 Å². The molecule has 7 nitrogen and oxygen atoms in total. The molecule has 7 heteroatoms. The number of benzene rings is 1. The highest BCUT2D eigenvalue weighted by atomic mass is 16.5. The van der Waals surface area contributed by atoms with Crippen LogP contribution in [-0.4, -0.2) is 42.7 Å². The van der Waals surface area contributed by atoms with Crippen molar-refractivity contribution in [1.82, 2.24) is 0 Å². The molecule has 0 spiro atoms. The van der Waals surface area contributed by atoms with E-state index in [1.165, 1.54) is 0 Å². The van der Waals surface area contributed by atoms with Gasteiger partial charge in [0, 0.05) is 25.6 Å². The van der Waals surface area contributed by atoms with Crippen molar-refractivity contribution in [2.75, 3.05) is 13.7 Å². The molecule has 0 bridgehead atoms. The van der Waals surface area contributed by atoms with E-state index in [4.69, 9.17) is 20.9 Å². The van der Waals surface area contributed by atoms with Gasteiger partial charge in [0.15, 0.2) is 23.2 Å². The fourth-order valence-corrected chi connectivity index (χ4v) is 7.00. The zero-order valence-corrected chi connectivity index (χ0v) is 25.9. The van der Waals surface area contributed by atoms with Crippen molar-refractivity contribution in [3.8, 4) is 11.5 Å². The maximum Gasteiger partial charge on any atom is 0.185 e. The predicted molar refractivity (Wildman–Crippen MR) is 167 cm³/mol. The minimum Gasteiger partial charge on any atom is -0.504 e. The Balaban J connectivity index is 2.01. The Morgan fingerprint density at radius 3 is 2.59 bits per heavy atom. The summed E-state index contributed by atoms with van der Waals surface area (Å²) in [6, 6.07) is 4.13. The number of allylic oxidation sites excluding steroid dienone is 2. The van der Waals surface area contributed by atoms with E-state index >= 15 is 0 Å². The van der Waals surface area contributed by atoms with Crippen LogP contribution in [0.15, 0.2) is 29.3 Å². The molecule has 0 aromatic heterocycles. The van der Waals surface area contributed by atoms with Crippen molar-refractivity contribution in [3.63, 3.8) is 0 Å². The molecule has 3 rings (SSSR count). The maximum absolute atomic E-state index is 12.6. The fourth-order valence-electron chi connectivity index (χ4n) is 7.00. The van der Waals surface area contributed by atoms with Crippen molar-refractivity contribution in [2.24, 2.45) is 34.2 Å². The zero-order valence-electron chi connectivity index (χ0n) is 25.9. The largest absolute Gasteiger partial charge is 0.504 e. The predicted octanol–water partition coefficient (Wildman–Crippen LogP) is 6.80. The number of unbranched alkanes of at least 4 members (excludes halogenated alkanes) is 1. The van der Waals surface area contributed by atoms with Gasteiger partial charge in [-0.25, -0.2) is 0 Å². The molecule has 2 saturated carbocycles. The van der Waals surface area contributed by atoms with Gasteiger partial charge in [0.25, 0.3) is 0 Å². The summed E-state index contributed by atoms with van der Waals surface area (Å²) in [6.45, 7) is 7.23. The molecular formula is C34H55N3O4. The van der Waals surface area contributed by atoms with Gasteiger partial charge in [-0.05, 0) is 112 Å². The van der Waals surface area contributed by atoms with Crippen LogP contribution >= 0.6 is 0 Å². The number of carbonyl (C=O) groups is 1. The lowest BCUT2D eigenvalue weighted by Gasteiger charge is -2.44. The first kappa shape index (κ1) is 33.0. The number of rotatable bonds is 16. The number of ketones is 1. The van der Waals surface area contributed by atoms with Crippen LogP contribution in [-0.2, 0) is 16.0 Å². The smallest absolute Gasteiger partial charge is 0.185 e. The van der Waals surface area contributed by atoms with Crippen LogP contribution in [0, 0.1) is 17.8 Å². The number of aromatic hydroxyl groups is 1. The van der Waals surface area contributed by atoms with Crippen molar-refractivity contribution in [2.45, 2.75) is 122 Å². The molecule has 2 aliphatic carbocycles. The van der Waals surface area contributed by atoms with Crippen LogP contribution in [0.4, 0.5) is 0 Å². The molecular weight excluding hydrogens is 514 g/mol. The standard InChI is InChI=1S/C34H55N3O4/c1-5-6-7-11-26(38)17-15-24-21-29(33(39)31(22-24)41-27-12-8-9-13-27)32-25(20-23(2)3)16-18-30(40-4)28(32)14-10-19-37-34(35)36/h7,11,21-23,25,27-28,30,32,39H,5-6,8-10,12-20H2,1-4H3,(H4,35,36,37)/t25-,28-,30-,32+/m0/s1. The average molecular weight is 570 g/mol. The molecule has 4 atom stereocenters. The number of nitrogens with zero attached hydrogens (tertiary/aromatic N) is 1. The summed E-state index contributed by atoms with van der Waals surface area (Å²) < 4.78 is 12.5.